The molecule has 3 aromatic rings. The maximum Gasteiger partial charge on any atom is 0.299 e. The van der Waals surface area contributed by atoms with E-state index in [0.717, 1.165) is 16.7 Å². The number of primary amides is 1. The summed E-state index contributed by atoms with van der Waals surface area (Å²) in [6.07, 6.45) is 1.36. The summed E-state index contributed by atoms with van der Waals surface area (Å²) in [4.78, 5) is 14.3. The summed E-state index contributed by atoms with van der Waals surface area (Å²) in [5.74, 6) is -1.09. The van der Waals surface area contributed by atoms with E-state index < -0.39 is 27.9 Å². The van der Waals surface area contributed by atoms with E-state index in [1.807, 2.05) is 30.3 Å². The minimum atomic E-state index is -4.17. The molecule has 0 saturated carbocycles. The van der Waals surface area contributed by atoms with Crippen molar-refractivity contribution in [1.29, 1.82) is 0 Å². The van der Waals surface area contributed by atoms with Gasteiger partial charge in [0.15, 0.2) is 0 Å². The number of fused-ring (bicyclic) bond motifs is 1. The summed E-state index contributed by atoms with van der Waals surface area (Å²) in [7, 11) is -4.17. The van der Waals surface area contributed by atoms with E-state index in [1.165, 1.54) is 30.3 Å². The second-order valence-corrected chi connectivity index (χ2v) is 11.7. The fourth-order valence-corrected chi connectivity index (χ4v) is 5.71. The number of amides is 1. The molecule has 0 saturated heterocycles. The Morgan fingerprint density at radius 2 is 1.72 bits per heavy atom. The van der Waals surface area contributed by atoms with Crippen LogP contribution in [-0.2, 0) is 37.5 Å². The zero-order valence-electron chi connectivity index (χ0n) is 20.7. The highest BCUT2D eigenvalue weighted by atomic mass is 32.2. The third-order valence-corrected chi connectivity index (χ3v) is 7.75. The van der Waals surface area contributed by atoms with Gasteiger partial charge in [0.05, 0.1) is 12.3 Å². The Morgan fingerprint density at radius 1 is 1.06 bits per heavy atom. The Morgan fingerprint density at radius 3 is 2.33 bits per heavy atom. The first-order valence-electron chi connectivity index (χ1n) is 11.9. The Kier molecular flexibility index (Phi) is 7.20. The van der Waals surface area contributed by atoms with Gasteiger partial charge in [0.25, 0.3) is 10.1 Å². The van der Waals surface area contributed by atoms with Crippen LogP contribution < -0.4 is 10.6 Å². The minimum absolute atomic E-state index is 0.0144. The number of anilines is 1. The lowest BCUT2D eigenvalue weighted by molar-refractivity contribution is -0.119. The number of benzene rings is 3. The fraction of sp³-hybridized carbons (Fsp3) is 0.321. The molecule has 0 radical (unpaired) electrons. The number of halogens is 1. The summed E-state index contributed by atoms with van der Waals surface area (Å²) < 4.78 is 45.8. The summed E-state index contributed by atoms with van der Waals surface area (Å²) in [6, 6.07) is 17.2. The van der Waals surface area contributed by atoms with Crippen LogP contribution in [0.3, 0.4) is 0 Å². The van der Waals surface area contributed by atoms with E-state index in [4.69, 9.17) is 9.92 Å². The topological polar surface area (TPSA) is 89.7 Å². The average molecular weight is 511 g/mol. The molecule has 190 valence electrons. The molecular formula is C28H31FN2O4S. The van der Waals surface area contributed by atoms with Crippen LogP contribution in [0.4, 0.5) is 10.1 Å². The van der Waals surface area contributed by atoms with Crippen molar-refractivity contribution in [3.05, 3.63) is 94.8 Å². The van der Waals surface area contributed by atoms with Gasteiger partial charge in [0.2, 0.25) is 5.91 Å². The van der Waals surface area contributed by atoms with Crippen molar-refractivity contribution in [2.45, 2.75) is 56.6 Å². The lowest BCUT2D eigenvalue weighted by Gasteiger charge is -2.37. The second kappa shape index (κ2) is 10.0. The first-order chi connectivity index (χ1) is 17.0. The molecule has 1 amide bonds. The van der Waals surface area contributed by atoms with Crippen molar-refractivity contribution in [3.63, 3.8) is 0 Å². The lowest BCUT2D eigenvalue weighted by Crippen LogP contribution is -2.41. The van der Waals surface area contributed by atoms with Gasteiger partial charge in [-0.25, -0.2) is 4.39 Å². The second-order valence-electron chi connectivity index (χ2n) is 10.1. The van der Waals surface area contributed by atoms with E-state index in [0.29, 0.717) is 30.6 Å². The molecule has 0 bridgehead atoms. The molecule has 36 heavy (non-hydrogen) atoms. The summed E-state index contributed by atoms with van der Waals surface area (Å²) in [5.41, 5.74) is 9.31. The third kappa shape index (κ3) is 5.44. The van der Waals surface area contributed by atoms with Crippen molar-refractivity contribution in [3.8, 4) is 0 Å². The van der Waals surface area contributed by atoms with Crippen molar-refractivity contribution in [2.75, 3.05) is 11.4 Å². The van der Waals surface area contributed by atoms with Gasteiger partial charge in [-0.2, -0.15) is 8.42 Å². The number of aryl methyl sites for hydroxylation is 1. The van der Waals surface area contributed by atoms with Crippen molar-refractivity contribution in [2.24, 2.45) is 5.73 Å². The zero-order chi connectivity index (χ0) is 26.1. The maximum absolute atomic E-state index is 13.5. The van der Waals surface area contributed by atoms with Crippen LogP contribution in [-0.4, -0.2) is 20.9 Å². The molecular weight excluding hydrogens is 479 g/mol. The molecule has 0 fully saturated rings. The van der Waals surface area contributed by atoms with Gasteiger partial charge in [-0.1, -0.05) is 69.3 Å². The highest BCUT2D eigenvalue weighted by Crippen LogP contribution is 2.39. The van der Waals surface area contributed by atoms with Gasteiger partial charge in [0, 0.05) is 6.54 Å². The molecule has 0 aliphatic carbocycles. The molecule has 3 aromatic carbocycles. The number of hydrogen-bond acceptors (Lipinski definition) is 5. The largest absolute Gasteiger partial charge is 0.368 e. The van der Waals surface area contributed by atoms with Gasteiger partial charge in [-0.3, -0.25) is 8.98 Å². The van der Waals surface area contributed by atoms with Crippen LogP contribution in [0.25, 0.3) is 0 Å². The van der Waals surface area contributed by atoms with Crippen LogP contribution in [0.1, 0.15) is 55.5 Å². The van der Waals surface area contributed by atoms with Gasteiger partial charge in [-0.15, -0.1) is 0 Å². The summed E-state index contributed by atoms with van der Waals surface area (Å²) >= 11 is 0. The fourth-order valence-electron chi connectivity index (χ4n) is 4.56. The number of nitrogens with two attached hydrogens (primary N) is 1. The van der Waals surface area contributed by atoms with Gasteiger partial charge < -0.3 is 10.6 Å². The molecule has 2 N–H and O–H groups in total. The monoisotopic (exact) mass is 510 g/mol. The number of rotatable bonds is 7. The molecule has 1 atom stereocenters. The normalized spacial score (nSPS) is 14.8. The summed E-state index contributed by atoms with van der Waals surface area (Å²) in [6.45, 7) is 6.63. The number of para-hydroxylation sites is 1. The predicted octanol–water partition coefficient (Wildman–Crippen LogP) is 5.01. The lowest BCUT2D eigenvalue weighted by atomic mass is 9.87. The summed E-state index contributed by atoms with van der Waals surface area (Å²) in [5, 5.41) is 0. The molecule has 6 nitrogen and oxygen atoms in total. The quantitative estimate of drug-likeness (QED) is 0.452. The Bertz CT molecular complexity index is 1350. The Labute approximate surface area is 212 Å². The molecule has 0 spiro atoms. The maximum atomic E-state index is 13.5. The smallest absolute Gasteiger partial charge is 0.299 e. The van der Waals surface area contributed by atoms with E-state index in [1.54, 1.807) is 11.0 Å². The number of hydrogen-bond donors (Lipinski definition) is 1. The van der Waals surface area contributed by atoms with E-state index >= 15 is 0 Å². The average Bonchev–Trinajstić information content (AvgIpc) is 2.83. The highest BCUT2D eigenvalue weighted by Gasteiger charge is 2.34. The molecule has 1 aliphatic heterocycles. The van der Waals surface area contributed by atoms with Gasteiger partial charge in [-0.05, 0) is 58.7 Å². The van der Waals surface area contributed by atoms with E-state index in [-0.39, 0.29) is 16.9 Å². The predicted molar refractivity (Wildman–Crippen MR) is 138 cm³/mol. The van der Waals surface area contributed by atoms with Gasteiger partial charge >= 0.3 is 0 Å². The Hall–Kier alpha value is -3.23. The number of carbonyl (C=O) groups is 1. The molecule has 1 aliphatic rings. The first-order valence-corrected chi connectivity index (χ1v) is 13.3. The Balaban J connectivity index is 1.67. The first kappa shape index (κ1) is 25.9. The van der Waals surface area contributed by atoms with Crippen molar-refractivity contribution < 1.29 is 21.8 Å². The van der Waals surface area contributed by atoms with Crippen LogP contribution in [0.2, 0.25) is 0 Å². The van der Waals surface area contributed by atoms with E-state index in [2.05, 4.69) is 20.8 Å². The molecule has 1 unspecified atom stereocenters. The van der Waals surface area contributed by atoms with Crippen LogP contribution in [0.5, 0.6) is 0 Å². The van der Waals surface area contributed by atoms with Crippen LogP contribution in [0, 0.1) is 5.82 Å². The van der Waals surface area contributed by atoms with E-state index in [9.17, 15) is 17.6 Å². The molecule has 1 heterocycles. The van der Waals surface area contributed by atoms with Crippen molar-refractivity contribution in [1.82, 2.24) is 0 Å². The van der Waals surface area contributed by atoms with Crippen molar-refractivity contribution >= 4 is 21.7 Å². The molecule has 0 aromatic heterocycles. The number of nitrogens with zero attached hydrogens (tertiary/aromatic N) is 1. The standard InChI is InChI=1S/C28H31FN2O4S/c1-28(2,3)22-13-9-19(10-14-22)18-35-36(33,34)24-8-4-6-20-7-5-17-31(25(20)24)26(27(30)32)21-11-15-23(29)16-12-21/h4,6,8-16,26H,5,7,17-18H2,1-3H3,(H2,30,32). The molecule has 8 heteroatoms. The third-order valence-electron chi connectivity index (χ3n) is 6.45. The SMILES string of the molecule is CC(C)(C)c1ccc(COS(=O)(=O)c2cccc3c2N(C(C(N)=O)c2ccc(F)cc2)CCC3)cc1. The highest BCUT2D eigenvalue weighted by molar-refractivity contribution is 7.87. The number of carbonyl (C=O) groups excluding carboxylic acids is 1. The minimum Gasteiger partial charge on any atom is -0.368 e. The van der Waals surface area contributed by atoms with Gasteiger partial charge in [0.1, 0.15) is 16.8 Å². The molecule has 4 rings (SSSR count). The van der Waals surface area contributed by atoms with Crippen LogP contribution in [0.15, 0.2) is 71.6 Å². The van der Waals surface area contributed by atoms with Crippen LogP contribution >= 0.6 is 0 Å². The zero-order valence-corrected chi connectivity index (χ0v) is 21.5.